The molecule has 2 N–H and O–H groups in total. The number of carbonyl (C=O) groups excluding carboxylic acids is 1. The van der Waals surface area contributed by atoms with Crippen LogP contribution in [0.15, 0.2) is 24.3 Å². The molecule has 11 heteroatoms. The van der Waals surface area contributed by atoms with Gasteiger partial charge < -0.3 is 25.0 Å². The predicted molar refractivity (Wildman–Crippen MR) is 171 cm³/mol. The van der Waals surface area contributed by atoms with E-state index in [1.165, 1.54) is 18.2 Å². The number of phenolic OH excluding ortho intramolecular Hbond substituents is 1. The third-order valence-electron chi connectivity index (χ3n) is 10.7. The fourth-order valence-corrected chi connectivity index (χ4v) is 8.78. The third kappa shape index (κ3) is 4.60. The van der Waals surface area contributed by atoms with Gasteiger partial charge in [0.05, 0.1) is 16.8 Å². The number of benzene rings is 2. The fraction of sp³-hybridized carbons (Fsp3) is 0.514. The predicted octanol–water partition coefficient (Wildman–Crippen LogP) is 4.33. The van der Waals surface area contributed by atoms with E-state index >= 15 is 4.39 Å². The van der Waals surface area contributed by atoms with Crippen molar-refractivity contribution in [2.45, 2.75) is 81.7 Å². The topological polar surface area (TPSA) is 94.1 Å². The third-order valence-corrected chi connectivity index (χ3v) is 10.7. The molecule has 46 heavy (non-hydrogen) atoms. The summed E-state index contributed by atoms with van der Waals surface area (Å²) < 4.78 is 35.9. The van der Waals surface area contributed by atoms with Crippen LogP contribution in [0.1, 0.15) is 67.6 Å². The number of halogens is 2. The second-order valence-electron chi connectivity index (χ2n) is 14.3. The number of phenols is 1. The van der Waals surface area contributed by atoms with Crippen LogP contribution >= 0.6 is 0 Å². The molecule has 5 aliphatic heterocycles. The molecular formula is C35H38F2N6O3. The normalized spacial score (nSPS) is 28.4. The molecule has 0 aliphatic carbocycles. The summed E-state index contributed by atoms with van der Waals surface area (Å²) in [5.41, 5.74) is 0.0510. The average Bonchev–Trinajstić information content (AvgIpc) is 3.66. The van der Waals surface area contributed by atoms with Crippen LogP contribution in [0.25, 0.3) is 10.8 Å². The number of amides is 1. The Bertz CT molecular complexity index is 1800. The van der Waals surface area contributed by atoms with Crippen molar-refractivity contribution >= 4 is 28.2 Å². The van der Waals surface area contributed by atoms with E-state index in [0.717, 1.165) is 50.9 Å². The van der Waals surface area contributed by atoms with Crippen molar-refractivity contribution in [3.8, 4) is 24.1 Å². The first-order chi connectivity index (χ1) is 22.0. The summed E-state index contributed by atoms with van der Waals surface area (Å²) in [5.74, 6) is 2.07. The Morgan fingerprint density at radius 3 is 2.72 bits per heavy atom. The zero-order valence-corrected chi connectivity index (χ0v) is 26.2. The molecule has 4 fully saturated rings. The summed E-state index contributed by atoms with van der Waals surface area (Å²) >= 11 is 0. The van der Waals surface area contributed by atoms with Gasteiger partial charge in [0.25, 0.3) is 5.91 Å². The number of anilines is 2. The molecular weight excluding hydrogens is 590 g/mol. The second-order valence-corrected chi connectivity index (χ2v) is 14.3. The number of hydrogen-bond acceptors (Lipinski definition) is 8. The number of rotatable bonds is 5. The zero-order chi connectivity index (χ0) is 32.0. The maximum absolute atomic E-state index is 15.0. The Hall–Kier alpha value is -4.01. The minimum atomic E-state index is -0.896. The number of aromatic hydroxyl groups is 1. The molecule has 8 rings (SSSR count). The number of nitrogens with zero attached hydrogens (tertiary/aromatic N) is 5. The maximum Gasteiger partial charge on any atom is 0.319 e. The molecule has 240 valence electrons. The van der Waals surface area contributed by atoms with Crippen LogP contribution in [0, 0.1) is 18.2 Å². The quantitative estimate of drug-likeness (QED) is 0.404. The number of hydrogen-bond donors (Lipinski definition) is 2. The number of ether oxygens (including phenoxy) is 1. The van der Waals surface area contributed by atoms with Gasteiger partial charge in [0, 0.05) is 67.1 Å². The minimum absolute atomic E-state index is 0.0219. The SMILES string of the molecule is C#Cc1c(F)ccc2cc(O)cc(N3C(=O)c4nc(OC[C@@]56CCCN5C[C@H](F)C6)nc(N5CC6CCC(C5)N6)c4CC3(C)C)c12. The van der Waals surface area contributed by atoms with E-state index < -0.39 is 29.0 Å². The molecule has 0 spiro atoms. The van der Waals surface area contributed by atoms with E-state index in [-0.39, 0.29) is 29.6 Å². The molecule has 4 atom stereocenters. The van der Waals surface area contributed by atoms with E-state index in [4.69, 9.17) is 21.1 Å². The van der Waals surface area contributed by atoms with E-state index in [0.29, 0.717) is 53.7 Å². The lowest BCUT2D eigenvalue weighted by Crippen LogP contribution is -2.55. The lowest BCUT2D eigenvalue weighted by atomic mass is 9.85. The first-order valence-electron chi connectivity index (χ1n) is 16.3. The summed E-state index contributed by atoms with van der Waals surface area (Å²) in [4.78, 5) is 30.4. The standard InChI is InChI=1S/C35H38F2N6O3/c1-4-25-27(37)9-6-20-12-24(44)13-28(29(20)25)43-32(45)30-26(15-34(43,2)3)31(41-17-22-7-8-23(18-41)38-22)40-33(39-30)46-19-35-10-5-11-42(35)16-21(36)14-35/h1,6,9,12-13,21-23,38,44H,5,7-8,10-11,14-19H2,2-3H3/t21-,22?,23?,35+/m1/s1. The van der Waals surface area contributed by atoms with Gasteiger partial charge >= 0.3 is 6.01 Å². The van der Waals surface area contributed by atoms with Crippen molar-refractivity contribution < 1.29 is 23.4 Å². The van der Waals surface area contributed by atoms with Gasteiger partial charge in [-0.3, -0.25) is 9.69 Å². The molecule has 6 heterocycles. The summed E-state index contributed by atoms with van der Waals surface area (Å²) in [6.45, 7) is 6.87. The highest BCUT2D eigenvalue weighted by Gasteiger charge is 2.50. The monoisotopic (exact) mass is 628 g/mol. The lowest BCUT2D eigenvalue weighted by Gasteiger charge is -2.44. The van der Waals surface area contributed by atoms with Gasteiger partial charge in [0.2, 0.25) is 0 Å². The Kier molecular flexibility index (Phi) is 6.71. The van der Waals surface area contributed by atoms with Gasteiger partial charge in [0.15, 0.2) is 0 Å². The minimum Gasteiger partial charge on any atom is -0.508 e. The zero-order valence-electron chi connectivity index (χ0n) is 26.2. The van der Waals surface area contributed by atoms with Crippen LogP contribution < -0.4 is 19.9 Å². The summed E-state index contributed by atoms with van der Waals surface area (Å²) in [6.07, 6.45) is 9.68. The van der Waals surface area contributed by atoms with Crippen LogP contribution in [0.3, 0.4) is 0 Å². The van der Waals surface area contributed by atoms with E-state index in [9.17, 15) is 14.3 Å². The summed E-state index contributed by atoms with van der Waals surface area (Å²) in [5, 5.41) is 15.3. The van der Waals surface area contributed by atoms with Crippen LogP contribution in [0.2, 0.25) is 0 Å². The van der Waals surface area contributed by atoms with Crippen LogP contribution in [-0.2, 0) is 6.42 Å². The Balaban J connectivity index is 1.25. The molecule has 1 amide bonds. The van der Waals surface area contributed by atoms with E-state index in [2.05, 4.69) is 21.0 Å². The van der Waals surface area contributed by atoms with Crippen molar-refractivity contribution in [2.75, 3.05) is 42.6 Å². The number of piperazine rings is 1. The van der Waals surface area contributed by atoms with E-state index in [1.807, 2.05) is 13.8 Å². The van der Waals surface area contributed by atoms with Gasteiger partial charge in [-0.2, -0.15) is 9.97 Å². The smallest absolute Gasteiger partial charge is 0.319 e. The molecule has 3 aromatic rings. The number of carbonyl (C=O) groups is 1. The second kappa shape index (κ2) is 10.5. The van der Waals surface area contributed by atoms with Crippen LogP contribution in [0.4, 0.5) is 20.3 Å². The number of alkyl halides is 1. The molecule has 2 unspecified atom stereocenters. The van der Waals surface area contributed by atoms with Gasteiger partial charge in [0.1, 0.15) is 35.9 Å². The van der Waals surface area contributed by atoms with Crippen molar-refractivity contribution in [1.82, 2.24) is 20.2 Å². The highest BCUT2D eigenvalue weighted by atomic mass is 19.1. The van der Waals surface area contributed by atoms with Crippen LogP contribution in [0.5, 0.6) is 11.8 Å². The Labute approximate surface area is 266 Å². The number of terminal acetylenes is 1. The molecule has 1 aromatic heterocycles. The molecule has 4 saturated heterocycles. The van der Waals surface area contributed by atoms with Gasteiger partial charge in [-0.15, -0.1) is 6.42 Å². The number of aromatic nitrogens is 2. The molecule has 0 radical (unpaired) electrons. The van der Waals surface area contributed by atoms with Gasteiger partial charge in [-0.1, -0.05) is 12.0 Å². The van der Waals surface area contributed by atoms with Crippen molar-refractivity contribution in [3.63, 3.8) is 0 Å². The van der Waals surface area contributed by atoms with Crippen molar-refractivity contribution in [3.05, 3.63) is 46.9 Å². The molecule has 2 aromatic carbocycles. The summed E-state index contributed by atoms with van der Waals surface area (Å²) in [6, 6.07) is 6.54. The summed E-state index contributed by atoms with van der Waals surface area (Å²) in [7, 11) is 0. The van der Waals surface area contributed by atoms with Crippen molar-refractivity contribution in [1.29, 1.82) is 0 Å². The van der Waals surface area contributed by atoms with Crippen molar-refractivity contribution in [2.24, 2.45) is 0 Å². The first-order valence-corrected chi connectivity index (χ1v) is 16.3. The fourth-order valence-electron chi connectivity index (χ4n) is 8.78. The van der Waals surface area contributed by atoms with Crippen LogP contribution in [-0.4, -0.2) is 88.0 Å². The highest BCUT2D eigenvalue weighted by molar-refractivity contribution is 6.14. The van der Waals surface area contributed by atoms with Gasteiger partial charge in [-0.25, -0.2) is 8.78 Å². The first kappa shape index (κ1) is 29.4. The molecule has 9 nitrogen and oxygen atoms in total. The van der Waals surface area contributed by atoms with E-state index in [1.54, 1.807) is 11.0 Å². The highest BCUT2D eigenvalue weighted by Crippen LogP contribution is 2.45. The Morgan fingerprint density at radius 1 is 1.17 bits per heavy atom. The Morgan fingerprint density at radius 2 is 1.96 bits per heavy atom. The number of fused-ring (bicyclic) bond motifs is 5. The maximum atomic E-state index is 15.0. The van der Waals surface area contributed by atoms with Gasteiger partial charge in [-0.05, 0) is 63.6 Å². The molecule has 0 saturated carbocycles. The molecule has 5 aliphatic rings. The number of nitrogens with one attached hydrogen (secondary N) is 1. The molecule has 2 bridgehead atoms. The lowest BCUT2D eigenvalue weighted by molar-refractivity contribution is 0.0933. The largest absolute Gasteiger partial charge is 0.508 e. The average molecular weight is 629 g/mol.